The fourth-order valence-corrected chi connectivity index (χ4v) is 1.26. The Morgan fingerprint density at radius 2 is 2.37 bits per heavy atom. The monoisotopic (exact) mass is 266 g/mol. The van der Waals surface area contributed by atoms with E-state index in [4.69, 9.17) is 10.5 Å². The Hall–Kier alpha value is -2.64. The van der Waals surface area contributed by atoms with Crippen molar-refractivity contribution in [1.82, 2.24) is 5.43 Å². The van der Waals surface area contributed by atoms with Crippen molar-refractivity contribution < 1.29 is 14.5 Å². The van der Waals surface area contributed by atoms with Gasteiger partial charge in [-0.05, 0) is 18.6 Å². The zero-order valence-electron chi connectivity index (χ0n) is 10.3. The summed E-state index contributed by atoms with van der Waals surface area (Å²) in [5, 5.41) is 14.4. The maximum atomic E-state index is 10.9. The zero-order chi connectivity index (χ0) is 14.3. The molecule has 1 aromatic carbocycles. The van der Waals surface area contributed by atoms with Crippen molar-refractivity contribution in [3.05, 3.63) is 33.9 Å². The molecule has 19 heavy (non-hydrogen) atoms. The highest BCUT2D eigenvalue weighted by molar-refractivity contribution is 5.83. The van der Waals surface area contributed by atoms with Crippen LogP contribution in [0.1, 0.15) is 18.9 Å². The molecule has 0 saturated carbocycles. The predicted octanol–water partition coefficient (Wildman–Crippen LogP) is 1.39. The summed E-state index contributed by atoms with van der Waals surface area (Å²) in [5.74, 6) is 0.201. The van der Waals surface area contributed by atoms with Gasteiger partial charge in [-0.2, -0.15) is 5.10 Å². The number of hydrogen-bond donors (Lipinski definition) is 2. The van der Waals surface area contributed by atoms with E-state index in [9.17, 15) is 14.9 Å². The van der Waals surface area contributed by atoms with E-state index in [1.165, 1.54) is 18.3 Å². The maximum absolute atomic E-state index is 10.9. The molecule has 8 heteroatoms. The fourth-order valence-electron chi connectivity index (χ4n) is 1.26. The number of amides is 2. The van der Waals surface area contributed by atoms with Crippen molar-refractivity contribution in [2.24, 2.45) is 10.8 Å². The van der Waals surface area contributed by atoms with Crippen LogP contribution in [0.25, 0.3) is 0 Å². The number of nitro groups is 1. The maximum Gasteiger partial charge on any atom is 0.332 e. The molecule has 0 aliphatic heterocycles. The van der Waals surface area contributed by atoms with Gasteiger partial charge in [-0.1, -0.05) is 6.92 Å². The predicted molar refractivity (Wildman–Crippen MR) is 69.2 cm³/mol. The summed E-state index contributed by atoms with van der Waals surface area (Å²) >= 11 is 0. The zero-order valence-corrected chi connectivity index (χ0v) is 10.3. The summed E-state index contributed by atoms with van der Waals surface area (Å²) in [7, 11) is 0. The largest absolute Gasteiger partial charge is 0.487 e. The number of carbonyl (C=O) groups excluding carboxylic acids is 1. The highest BCUT2D eigenvalue weighted by atomic mass is 16.6. The van der Waals surface area contributed by atoms with Gasteiger partial charge >= 0.3 is 11.7 Å². The van der Waals surface area contributed by atoms with E-state index < -0.39 is 11.0 Å². The van der Waals surface area contributed by atoms with E-state index in [1.807, 2.05) is 12.3 Å². The number of hydrazone groups is 1. The molecule has 1 aromatic rings. The molecule has 3 N–H and O–H groups in total. The van der Waals surface area contributed by atoms with Crippen LogP contribution >= 0.6 is 0 Å². The van der Waals surface area contributed by atoms with Crippen LogP contribution in [0.3, 0.4) is 0 Å². The lowest BCUT2D eigenvalue weighted by Gasteiger charge is -2.05. The van der Waals surface area contributed by atoms with Crippen molar-refractivity contribution in [2.45, 2.75) is 13.3 Å². The molecule has 0 atom stereocenters. The van der Waals surface area contributed by atoms with Gasteiger partial charge in [-0.25, -0.2) is 10.2 Å². The molecule has 0 unspecified atom stereocenters. The van der Waals surface area contributed by atoms with Gasteiger partial charge in [0.1, 0.15) is 0 Å². The topological polar surface area (TPSA) is 120 Å². The molecule has 0 aliphatic carbocycles. The van der Waals surface area contributed by atoms with Crippen molar-refractivity contribution >= 4 is 17.9 Å². The summed E-state index contributed by atoms with van der Waals surface area (Å²) in [6, 6.07) is 3.56. The summed E-state index contributed by atoms with van der Waals surface area (Å²) in [6.45, 7) is 2.31. The van der Waals surface area contributed by atoms with Crippen molar-refractivity contribution in [3.8, 4) is 5.75 Å². The van der Waals surface area contributed by atoms with Gasteiger partial charge in [0, 0.05) is 11.6 Å². The SMILES string of the molecule is CCCOc1ccc(/C=N\NC(N)=O)cc1[N+](=O)[O-]. The number of carbonyl (C=O) groups is 1. The third-order valence-corrected chi connectivity index (χ3v) is 2.03. The molecular formula is C11H14N4O4. The minimum atomic E-state index is -0.811. The second-order valence-corrected chi connectivity index (χ2v) is 3.57. The molecule has 8 nitrogen and oxygen atoms in total. The number of nitrogens with one attached hydrogen (secondary N) is 1. The third-order valence-electron chi connectivity index (χ3n) is 2.03. The normalized spacial score (nSPS) is 10.4. The Kier molecular flexibility index (Phi) is 5.27. The molecule has 0 aromatic heterocycles. The average Bonchev–Trinajstić information content (AvgIpc) is 2.36. The first kappa shape index (κ1) is 14.4. The van der Waals surface area contributed by atoms with Crippen LogP contribution in [0.4, 0.5) is 10.5 Å². The van der Waals surface area contributed by atoms with Crippen molar-refractivity contribution in [2.75, 3.05) is 6.61 Å². The lowest BCUT2D eigenvalue weighted by atomic mass is 10.2. The van der Waals surface area contributed by atoms with Gasteiger partial charge < -0.3 is 10.5 Å². The number of urea groups is 1. The Bertz CT molecular complexity index is 501. The number of nitrogens with zero attached hydrogens (tertiary/aromatic N) is 2. The Labute approximate surface area is 109 Å². The van der Waals surface area contributed by atoms with E-state index >= 15 is 0 Å². The Balaban J connectivity index is 2.92. The van der Waals surface area contributed by atoms with Gasteiger partial charge in [0.15, 0.2) is 5.75 Å². The minimum Gasteiger partial charge on any atom is -0.487 e. The van der Waals surface area contributed by atoms with Gasteiger partial charge in [-0.15, -0.1) is 0 Å². The lowest BCUT2D eigenvalue weighted by Crippen LogP contribution is -2.24. The molecular weight excluding hydrogens is 252 g/mol. The fraction of sp³-hybridized carbons (Fsp3) is 0.273. The minimum absolute atomic E-state index is 0.156. The summed E-state index contributed by atoms with van der Waals surface area (Å²) in [4.78, 5) is 20.8. The number of rotatable bonds is 6. The number of primary amides is 1. The quantitative estimate of drug-likeness (QED) is 0.459. The second-order valence-electron chi connectivity index (χ2n) is 3.57. The van der Waals surface area contributed by atoms with E-state index in [2.05, 4.69) is 5.10 Å². The highest BCUT2D eigenvalue weighted by Gasteiger charge is 2.15. The van der Waals surface area contributed by atoms with Crippen LogP contribution in [0.15, 0.2) is 23.3 Å². The van der Waals surface area contributed by atoms with Crippen molar-refractivity contribution in [1.29, 1.82) is 0 Å². The smallest absolute Gasteiger partial charge is 0.332 e. The number of hydrogen-bond acceptors (Lipinski definition) is 5. The van der Waals surface area contributed by atoms with E-state index in [0.717, 1.165) is 6.42 Å². The highest BCUT2D eigenvalue weighted by Crippen LogP contribution is 2.27. The first-order chi connectivity index (χ1) is 9.04. The standard InChI is InChI=1S/C11H14N4O4/c1-2-5-19-10-4-3-8(6-9(10)15(17)18)7-13-14-11(12)16/h3-4,6-7H,2,5H2,1H3,(H3,12,14,16)/b13-7-. The number of nitrogens with two attached hydrogens (primary N) is 1. The van der Waals surface area contributed by atoms with E-state index in [0.29, 0.717) is 12.2 Å². The van der Waals surface area contributed by atoms with Crippen LogP contribution in [0, 0.1) is 10.1 Å². The summed E-state index contributed by atoms with van der Waals surface area (Å²) in [5.41, 5.74) is 7.11. The van der Waals surface area contributed by atoms with Gasteiger partial charge in [0.25, 0.3) is 0 Å². The second kappa shape index (κ2) is 6.94. The first-order valence-corrected chi connectivity index (χ1v) is 5.54. The third kappa shape index (κ3) is 4.62. The van der Waals surface area contributed by atoms with Crippen LogP contribution in [0.2, 0.25) is 0 Å². The number of nitro benzene ring substituents is 1. The molecule has 102 valence electrons. The molecule has 0 heterocycles. The van der Waals surface area contributed by atoms with Crippen LogP contribution in [0.5, 0.6) is 5.75 Å². The lowest BCUT2D eigenvalue weighted by molar-refractivity contribution is -0.385. The summed E-state index contributed by atoms with van der Waals surface area (Å²) in [6.07, 6.45) is 2.00. The number of benzene rings is 1. The van der Waals surface area contributed by atoms with Crippen LogP contribution in [-0.2, 0) is 0 Å². The van der Waals surface area contributed by atoms with E-state index in [-0.39, 0.29) is 11.4 Å². The Morgan fingerprint density at radius 3 is 2.95 bits per heavy atom. The van der Waals surface area contributed by atoms with Crippen molar-refractivity contribution in [3.63, 3.8) is 0 Å². The molecule has 0 spiro atoms. The van der Waals surface area contributed by atoms with Gasteiger partial charge in [-0.3, -0.25) is 10.1 Å². The number of ether oxygens (including phenoxy) is 1. The Morgan fingerprint density at radius 1 is 1.63 bits per heavy atom. The van der Waals surface area contributed by atoms with Crippen LogP contribution in [-0.4, -0.2) is 23.8 Å². The average molecular weight is 266 g/mol. The molecule has 2 amide bonds. The van der Waals surface area contributed by atoms with E-state index in [1.54, 1.807) is 6.07 Å². The molecule has 0 fully saturated rings. The molecule has 0 bridgehead atoms. The first-order valence-electron chi connectivity index (χ1n) is 5.54. The molecule has 0 radical (unpaired) electrons. The molecule has 0 saturated heterocycles. The van der Waals surface area contributed by atoms with Gasteiger partial charge in [0.2, 0.25) is 0 Å². The summed E-state index contributed by atoms with van der Waals surface area (Å²) < 4.78 is 5.27. The van der Waals surface area contributed by atoms with Gasteiger partial charge in [0.05, 0.1) is 17.7 Å². The molecule has 0 aliphatic rings. The molecule has 1 rings (SSSR count). The van der Waals surface area contributed by atoms with Crippen LogP contribution < -0.4 is 15.9 Å².